The minimum absolute atomic E-state index is 0.737. The Labute approximate surface area is 70.4 Å². The maximum Gasteiger partial charge on any atom is 0.0284 e. The van der Waals surface area contributed by atoms with Crippen LogP contribution < -0.4 is 0 Å². The molecule has 0 N–H and O–H groups in total. The third-order valence-corrected chi connectivity index (χ3v) is 1.49. The van der Waals surface area contributed by atoms with Crippen LogP contribution in [0.3, 0.4) is 0 Å². The first-order chi connectivity index (χ1) is 5.04. The van der Waals surface area contributed by atoms with Gasteiger partial charge < -0.3 is 4.90 Å². The molecule has 0 aliphatic heterocycles. The van der Waals surface area contributed by atoms with E-state index in [1.165, 1.54) is 0 Å². The lowest BCUT2D eigenvalue weighted by atomic mass is 10.1. The maximum absolute atomic E-state index is 3.89. The first-order valence-electron chi connectivity index (χ1n) is 4.06. The van der Waals surface area contributed by atoms with Crippen LogP contribution in [-0.2, 0) is 0 Å². The summed E-state index contributed by atoms with van der Waals surface area (Å²) in [4.78, 5) is 2.01. The molecule has 0 atom stereocenters. The van der Waals surface area contributed by atoms with Crippen LogP contribution in [0.2, 0.25) is 0 Å². The van der Waals surface area contributed by atoms with Crippen molar-refractivity contribution in [3.8, 4) is 0 Å². The summed E-state index contributed by atoms with van der Waals surface area (Å²) >= 11 is 0. The van der Waals surface area contributed by atoms with Crippen LogP contribution in [-0.4, -0.2) is 19.0 Å². The van der Waals surface area contributed by atoms with Gasteiger partial charge in [0.25, 0.3) is 0 Å². The maximum atomic E-state index is 3.89. The molecule has 1 heteroatoms. The molecule has 0 aromatic carbocycles. The van der Waals surface area contributed by atoms with E-state index >= 15 is 0 Å². The van der Waals surface area contributed by atoms with Crippen LogP contribution in [0.1, 0.15) is 20.3 Å². The molecule has 11 heavy (non-hydrogen) atoms. The highest BCUT2D eigenvalue weighted by atomic mass is 15.1. The lowest BCUT2D eigenvalue weighted by Gasteiger charge is -2.11. The van der Waals surface area contributed by atoms with Gasteiger partial charge in [-0.3, -0.25) is 0 Å². The molecule has 0 heterocycles. The molecular formula is C10H19N. The van der Waals surface area contributed by atoms with Gasteiger partial charge in [-0.05, 0) is 18.4 Å². The van der Waals surface area contributed by atoms with Crippen molar-refractivity contribution in [1.82, 2.24) is 4.90 Å². The van der Waals surface area contributed by atoms with Crippen molar-refractivity contribution in [2.75, 3.05) is 14.1 Å². The van der Waals surface area contributed by atoms with Gasteiger partial charge in [0.05, 0.1) is 0 Å². The predicted octanol–water partition coefficient (Wildman–Crippen LogP) is 2.66. The monoisotopic (exact) mass is 153 g/mol. The second-order valence-corrected chi connectivity index (χ2v) is 3.42. The summed E-state index contributed by atoms with van der Waals surface area (Å²) in [6, 6.07) is 0. The molecule has 0 aromatic heterocycles. The topological polar surface area (TPSA) is 3.24 Å². The quantitative estimate of drug-likeness (QED) is 0.561. The van der Waals surface area contributed by atoms with Gasteiger partial charge >= 0.3 is 0 Å². The summed E-state index contributed by atoms with van der Waals surface area (Å²) in [6.45, 7) is 8.31. The molecule has 0 aliphatic rings. The second-order valence-electron chi connectivity index (χ2n) is 3.42. The molecule has 0 aliphatic carbocycles. The molecule has 0 unspecified atom stereocenters. The molecule has 0 bridgehead atoms. The molecule has 0 rings (SSSR count). The molecule has 0 spiro atoms. The van der Waals surface area contributed by atoms with E-state index < -0.39 is 0 Å². The van der Waals surface area contributed by atoms with Crippen LogP contribution in [0.4, 0.5) is 0 Å². The second kappa shape index (κ2) is 5.00. The van der Waals surface area contributed by atoms with Crippen molar-refractivity contribution in [3.05, 3.63) is 24.4 Å². The van der Waals surface area contributed by atoms with E-state index in [9.17, 15) is 0 Å². The van der Waals surface area contributed by atoms with Gasteiger partial charge in [-0.1, -0.05) is 26.5 Å². The average Bonchev–Trinajstić information content (AvgIpc) is 1.86. The van der Waals surface area contributed by atoms with Crippen molar-refractivity contribution < 1.29 is 0 Å². The van der Waals surface area contributed by atoms with E-state index in [1.807, 2.05) is 19.0 Å². The van der Waals surface area contributed by atoms with Crippen LogP contribution >= 0.6 is 0 Å². The van der Waals surface area contributed by atoms with Crippen LogP contribution in [0, 0.1) is 5.92 Å². The molecule has 64 valence electrons. The minimum atomic E-state index is 0.737. The van der Waals surface area contributed by atoms with Crippen molar-refractivity contribution in [2.24, 2.45) is 5.92 Å². The minimum Gasteiger partial charge on any atom is -0.378 e. The average molecular weight is 153 g/mol. The van der Waals surface area contributed by atoms with Crippen LogP contribution in [0.25, 0.3) is 0 Å². The Bertz CT molecular complexity index is 143. The van der Waals surface area contributed by atoms with E-state index in [0.717, 1.165) is 18.0 Å². The summed E-state index contributed by atoms with van der Waals surface area (Å²) in [5.74, 6) is 0.737. The van der Waals surface area contributed by atoms with Crippen molar-refractivity contribution in [2.45, 2.75) is 20.3 Å². The van der Waals surface area contributed by atoms with E-state index in [1.54, 1.807) is 0 Å². The first-order valence-corrected chi connectivity index (χ1v) is 4.06. The Morgan fingerprint density at radius 1 is 1.45 bits per heavy atom. The van der Waals surface area contributed by atoms with Gasteiger partial charge in [-0.2, -0.15) is 0 Å². The Hall–Kier alpha value is -0.720. The van der Waals surface area contributed by atoms with E-state index in [0.29, 0.717) is 0 Å². The van der Waals surface area contributed by atoms with Gasteiger partial charge in [0.1, 0.15) is 0 Å². The smallest absolute Gasteiger partial charge is 0.0284 e. The van der Waals surface area contributed by atoms with E-state index in [-0.39, 0.29) is 0 Å². The van der Waals surface area contributed by atoms with Gasteiger partial charge in [0.2, 0.25) is 0 Å². The fourth-order valence-electron chi connectivity index (χ4n) is 0.625. The van der Waals surface area contributed by atoms with Crippen molar-refractivity contribution in [1.29, 1.82) is 0 Å². The number of nitrogens with zero attached hydrogens (tertiary/aromatic N) is 1. The largest absolute Gasteiger partial charge is 0.378 e. The summed E-state index contributed by atoms with van der Waals surface area (Å²) < 4.78 is 0. The zero-order valence-electron chi connectivity index (χ0n) is 8.09. The highest BCUT2D eigenvalue weighted by molar-refractivity contribution is 5.11. The third kappa shape index (κ3) is 5.71. The number of likely N-dealkylation sites (N-methyl/N-ethyl adjacent to an activating group) is 1. The fraction of sp³-hybridized carbons (Fsp3) is 0.600. The summed E-state index contributed by atoms with van der Waals surface area (Å²) in [6.07, 6.45) is 5.37. The Kier molecular flexibility index (Phi) is 4.67. The number of allylic oxidation sites excluding steroid dienone is 2. The van der Waals surface area contributed by atoms with E-state index in [2.05, 4.69) is 32.6 Å². The lowest BCUT2D eigenvalue weighted by Crippen LogP contribution is -2.07. The van der Waals surface area contributed by atoms with Crippen LogP contribution in [0.5, 0.6) is 0 Å². The Balaban J connectivity index is 3.66. The van der Waals surface area contributed by atoms with Gasteiger partial charge in [0, 0.05) is 19.8 Å². The van der Waals surface area contributed by atoms with E-state index in [4.69, 9.17) is 0 Å². The normalized spacial score (nSPS) is 11.0. The van der Waals surface area contributed by atoms with Gasteiger partial charge in [-0.15, -0.1) is 0 Å². The molecular weight excluding hydrogens is 134 g/mol. The SMILES string of the molecule is C=C(/C=C/CC(C)C)N(C)C. The predicted molar refractivity (Wildman–Crippen MR) is 51.4 cm³/mol. The zero-order chi connectivity index (χ0) is 8.85. The molecule has 0 fully saturated rings. The highest BCUT2D eigenvalue weighted by Crippen LogP contribution is 2.03. The molecule has 0 amide bonds. The zero-order valence-corrected chi connectivity index (χ0v) is 8.09. The van der Waals surface area contributed by atoms with Crippen molar-refractivity contribution >= 4 is 0 Å². The Morgan fingerprint density at radius 3 is 2.36 bits per heavy atom. The standard InChI is InChI=1S/C10H19N/c1-9(2)7-6-8-10(3)11(4)5/h6,8-9H,3,7H2,1-2,4-5H3/b8-6+. The highest BCUT2D eigenvalue weighted by Gasteiger charge is 1.90. The number of hydrogen-bond donors (Lipinski definition) is 0. The number of hydrogen-bond acceptors (Lipinski definition) is 1. The summed E-state index contributed by atoms with van der Waals surface area (Å²) in [5, 5.41) is 0. The van der Waals surface area contributed by atoms with Crippen molar-refractivity contribution in [3.63, 3.8) is 0 Å². The first kappa shape index (κ1) is 10.3. The molecule has 0 saturated heterocycles. The lowest BCUT2D eigenvalue weighted by molar-refractivity contribution is 0.531. The third-order valence-electron chi connectivity index (χ3n) is 1.49. The molecule has 1 nitrogen and oxygen atoms in total. The van der Waals surface area contributed by atoms with Gasteiger partial charge in [0.15, 0.2) is 0 Å². The van der Waals surface area contributed by atoms with Crippen LogP contribution in [0.15, 0.2) is 24.4 Å². The molecule has 0 aromatic rings. The summed E-state index contributed by atoms with van der Waals surface area (Å²) in [5.41, 5.74) is 1.06. The molecule has 0 saturated carbocycles. The molecule has 0 radical (unpaired) electrons. The number of rotatable bonds is 4. The van der Waals surface area contributed by atoms with Gasteiger partial charge in [-0.25, -0.2) is 0 Å². The summed E-state index contributed by atoms with van der Waals surface area (Å²) in [7, 11) is 4.00. The Morgan fingerprint density at radius 2 is 2.00 bits per heavy atom. The fourth-order valence-corrected chi connectivity index (χ4v) is 0.625.